The molecular formula is C17H16N2O2S. The van der Waals surface area contributed by atoms with Crippen LogP contribution in [0.15, 0.2) is 17.5 Å². The monoisotopic (exact) mass is 312 g/mol. The molecule has 112 valence electrons. The molecule has 4 nitrogen and oxygen atoms in total. The van der Waals surface area contributed by atoms with Crippen molar-refractivity contribution in [2.24, 2.45) is 0 Å². The Morgan fingerprint density at radius 1 is 1.55 bits per heavy atom. The molecule has 3 rings (SSSR count). The van der Waals surface area contributed by atoms with Gasteiger partial charge in [-0.1, -0.05) is 0 Å². The molecule has 1 aliphatic heterocycles. The summed E-state index contributed by atoms with van der Waals surface area (Å²) in [6, 6.07) is 6.15. The Bertz CT molecular complexity index is 786. The molecule has 0 radical (unpaired) electrons. The molecule has 0 saturated carbocycles. The number of aromatic nitrogens is 1. The van der Waals surface area contributed by atoms with Crippen LogP contribution in [0.2, 0.25) is 0 Å². The zero-order chi connectivity index (χ0) is 15.7. The van der Waals surface area contributed by atoms with Crippen molar-refractivity contribution in [3.05, 3.63) is 39.3 Å². The normalized spacial score (nSPS) is 16.8. The molecule has 2 aromatic rings. The largest absolute Gasteiger partial charge is 0.496 e. The van der Waals surface area contributed by atoms with E-state index < -0.39 is 0 Å². The lowest BCUT2D eigenvalue weighted by Crippen LogP contribution is -2.05. The third-order valence-electron chi connectivity index (χ3n) is 3.52. The first-order valence-electron chi connectivity index (χ1n) is 7.02. The van der Waals surface area contributed by atoms with Gasteiger partial charge in [-0.05, 0) is 32.1 Å². The lowest BCUT2D eigenvalue weighted by atomic mass is 10.0. The molecule has 2 heterocycles. The maximum absolute atomic E-state index is 9.43. The first-order chi connectivity index (χ1) is 10.6. The van der Waals surface area contributed by atoms with Crippen LogP contribution >= 0.6 is 11.3 Å². The van der Waals surface area contributed by atoms with Crippen LogP contribution in [-0.2, 0) is 6.42 Å². The second-order valence-corrected chi connectivity index (χ2v) is 6.16. The van der Waals surface area contributed by atoms with E-state index in [0.29, 0.717) is 5.57 Å². The number of rotatable bonds is 3. The number of fused-ring (bicyclic) bond motifs is 1. The van der Waals surface area contributed by atoms with E-state index in [-0.39, 0.29) is 6.10 Å². The van der Waals surface area contributed by atoms with Crippen LogP contribution in [0.4, 0.5) is 0 Å². The molecule has 1 atom stereocenters. The molecule has 0 amide bonds. The van der Waals surface area contributed by atoms with E-state index in [0.717, 1.165) is 39.7 Å². The van der Waals surface area contributed by atoms with Crippen LogP contribution in [0.3, 0.4) is 0 Å². The number of ether oxygens (including phenoxy) is 2. The highest BCUT2D eigenvalue weighted by atomic mass is 32.1. The molecule has 1 aliphatic rings. The molecule has 0 bridgehead atoms. The van der Waals surface area contributed by atoms with Gasteiger partial charge >= 0.3 is 0 Å². The minimum absolute atomic E-state index is 0.177. The topological polar surface area (TPSA) is 55.1 Å². The molecule has 22 heavy (non-hydrogen) atoms. The maximum Gasteiger partial charge on any atom is 0.134 e. The molecule has 0 spiro atoms. The summed E-state index contributed by atoms with van der Waals surface area (Å²) in [5, 5.41) is 12.1. The van der Waals surface area contributed by atoms with E-state index in [4.69, 9.17) is 9.47 Å². The fraction of sp³-hybridized carbons (Fsp3) is 0.294. The highest BCUT2D eigenvalue weighted by molar-refractivity contribution is 7.11. The number of aryl methyl sites for hydroxylation is 1. The Morgan fingerprint density at radius 2 is 2.36 bits per heavy atom. The summed E-state index contributed by atoms with van der Waals surface area (Å²) in [4.78, 5) is 4.37. The first kappa shape index (κ1) is 14.6. The molecule has 0 aliphatic carbocycles. The Kier molecular flexibility index (Phi) is 3.86. The summed E-state index contributed by atoms with van der Waals surface area (Å²) in [5.74, 6) is 1.62. The average molecular weight is 312 g/mol. The fourth-order valence-electron chi connectivity index (χ4n) is 2.52. The van der Waals surface area contributed by atoms with Gasteiger partial charge in [-0.15, -0.1) is 11.3 Å². The molecule has 0 fully saturated rings. The number of thiazole rings is 1. The lowest BCUT2D eigenvalue weighted by Gasteiger charge is -2.08. The first-order valence-corrected chi connectivity index (χ1v) is 7.90. The van der Waals surface area contributed by atoms with Gasteiger partial charge in [0.05, 0.1) is 12.7 Å². The number of hydrogen-bond donors (Lipinski definition) is 0. The Hall–Kier alpha value is -2.32. The van der Waals surface area contributed by atoms with Crippen LogP contribution < -0.4 is 9.47 Å². The summed E-state index contributed by atoms with van der Waals surface area (Å²) in [7, 11) is 1.64. The van der Waals surface area contributed by atoms with Crippen molar-refractivity contribution >= 4 is 23.0 Å². The van der Waals surface area contributed by atoms with E-state index in [1.807, 2.05) is 37.4 Å². The second-order valence-electron chi connectivity index (χ2n) is 5.30. The Labute approximate surface area is 133 Å². The number of methoxy groups -OCH3 is 1. The third-order valence-corrected chi connectivity index (χ3v) is 4.51. The van der Waals surface area contributed by atoms with E-state index in [2.05, 4.69) is 11.1 Å². The van der Waals surface area contributed by atoms with Gasteiger partial charge < -0.3 is 9.47 Å². The summed E-state index contributed by atoms with van der Waals surface area (Å²) in [6.07, 6.45) is 2.87. The van der Waals surface area contributed by atoms with Crippen molar-refractivity contribution in [1.29, 1.82) is 5.26 Å². The summed E-state index contributed by atoms with van der Waals surface area (Å²) in [6.45, 7) is 3.96. The van der Waals surface area contributed by atoms with Crippen molar-refractivity contribution in [2.75, 3.05) is 7.11 Å². The van der Waals surface area contributed by atoms with Crippen LogP contribution in [-0.4, -0.2) is 18.2 Å². The molecule has 0 saturated heterocycles. The van der Waals surface area contributed by atoms with Crippen molar-refractivity contribution in [3.63, 3.8) is 0 Å². The van der Waals surface area contributed by atoms with Crippen LogP contribution in [0.1, 0.15) is 28.8 Å². The van der Waals surface area contributed by atoms with E-state index in [9.17, 15) is 5.26 Å². The van der Waals surface area contributed by atoms with E-state index >= 15 is 0 Å². The van der Waals surface area contributed by atoms with Gasteiger partial charge in [0.25, 0.3) is 0 Å². The number of nitriles is 1. The minimum Gasteiger partial charge on any atom is -0.496 e. The zero-order valence-corrected chi connectivity index (χ0v) is 13.5. The molecule has 1 aromatic heterocycles. The smallest absolute Gasteiger partial charge is 0.134 e. The van der Waals surface area contributed by atoms with Crippen molar-refractivity contribution < 1.29 is 9.47 Å². The van der Waals surface area contributed by atoms with Gasteiger partial charge in [0.2, 0.25) is 0 Å². The van der Waals surface area contributed by atoms with Crippen LogP contribution in [0, 0.1) is 18.3 Å². The third kappa shape index (κ3) is 2.70. The van der Waals surface area contributed by atoms with Crippen molar-refractivity contribution in [2.45, 2.75) is 26.4 Å². The quantitative estimate of drug-likeness (QED) is 0.808. The van der Waals surface area contributed by atoms with Crippen LogP contribution in [0.5, 0.6) is 11.5 Å². The Balaban J connectivity index is 2.06. The predicted octanol–water partition coefficient (Wildman–Crippen LogP) is 3.85. The van der Waals surface area contributed by atoms with Gasteiger partial charge in [0, 0.05) is 28.6 Å². The molecule has 5 heteroatoms. The SMILES string of the molecule is COc1cc2c(cc1C=C(C#N)c1nc(C)cs1)OC(C)C2. The average Bonchev–Trinajstić information content (AvgIpc) is 3.08. The summed E-state index contributed by atoms with van der Waals surface area (Å²) < 4.78 is 11.3. The van der Waals surface area contributed by atoms with Gasteiger partial charge in [0.1, 0.15) is 28.7 Å². The Morgan fingerprint density at radius 3 is 3.00 bits per heavy atom. The molecular weight excluding hydrogens is 296 g/mol. The fourth-order valence-corrected chi connectivity index (χ4v) is 3.28. The summed E-state index contributed by atoms with van der Waals surface area (Å²) in [5.41, 5.74) is 3.42. The second kappa shape index (κ2) is 5.82. The molecule has 1 aromatic carbocycles. The lowest BCUT2D eigenvalue weighted by molar-refractivity contribution is 0.254. The highest BCUT2D eigenvalue weighted by Gasteiger charge is 2.21. The van der Waals surface area contributed by atoms with Gasteiger partial charge in [-0.2, -0.15) is 5.26 Å². The number of benzene rings is 1. The van der Waals surface area contributed by atoms with Gasteiger partial charge in [0.15, 0.2) is 0 Å². The van der Waals surface area contributed by atoms with Gasteiger partial charge in [-0.3, -0.25) is 0 Å². The predicted molar refractivity (Wildman–Crippen MR) is 87.1 cm³/mol. The van der Waals surface area contributed by atoms with Crippen molar-refractivity contribution in [3.8, 4) is 17.6 Å². The van der Waals surface area contributed by atoms with Crippen LogP contribution in [0.25, 0.3) is 11.6 Å². The van der Waals surface area contributed by atoms with Gasteiger partial charge in [-0.25, -0.2) is 4.98 Å². The summed E-state index contributed by atoms with van der Waals surface area (Å²) >= 11 is 1.47. The zero-order valence-electron chi connectivity index (χ0n) is 12.7. The number of nitrogens with zero attached hydrogens (tertiary/aromatic N) is 2. The number of hydrogen-bond acceptors (Lipinski definition) is 5. The minimum atomic E-state index is 0.177. The standard InChI is InChI=1S/C17H16N2O2S/c1-10-9-22-17(19-10)14(8-18)5-13-7-16-12(4-11(2)21-16)6-15(13)20-3/h5-7,9,11H,4H2,1-3H3. The van der Waals surface area contributed by atoms with E-state index in [1.165, 1.54) is 11.3 Å². The molecule has 0 N–H and O–H groups in total. The van der Waals surface area contributed by atoms with E-state index in [1.54, 1.807) is 7.11 Å². The molecule has 1 unspecified atom stereocenters. The number of allylic oxidation sites excluding steroid dienone is 1. The van der Waals surface area contributed by atoms with Crippen molar-refractivity contribution in [1.82, 2.24) is 4.98 Å². The maximum atomic E-state index is 9.43. The highest BCUT2D eigenvalue weighted by Crippen LogP contribution is 2.36.